The van der Waals surface area contributed by atoms with Crippen molar-refractivity contribution in [2.24, 2.45) is 0 Å². The van der Waals surface area contributed by atoms with E-state index in [0.717, 1.165) is 41.0 Å². The van der Waals surface area contributed by atoms with Crippen LogP contribution in [0.2, 0.25) is 10.0 Å². The summed E-state index contributed by atoms with van der Waals surface area (Å²) in [5, 5.41) is 1.96. The molecular formula is C30H39Cl2NO6. The van der Waals surface area contributed by atoms with E-state index in [0.29, 0.717) is 22.4 Å². The van der Waals surface area contributed by atoms with Crippen molar-refractivity contribution in [3.05, 3.63) is 69.7 Å². The molecule has 0 spiro atoms. The molecule has 2 aromatic rings. The average Bonchev–Trinajstić information content (AvgIpc) is 2.79. The summed E-state index contributed by atoms with van der Waals surface area (Å²) in [6.07, 6.45) is 2.72. The molecule has 0 aliphatic heterocycles. The van der Waals surface area contributed by atoms with Crippen molar-refractivity contribution in [2.45, 2.75) is 85.5 Å². The lowest BCUT2D eigenvalue weighted by Gasteiger charge is -2.26. The van der Waals surface area contributed by atoms with Gasteiger partial charge >= 0.3 is 12.2 Å². The van der Waals surface area contributed by atoms with Crippen LogP contribution in [0, 0.1) is 0 Å². The van der Waals surface area contributed by atoms with E-state index in [1.54, 1.807) is 59.7 Å². The van der Waals surface area contributed by atoms with Crippen molar-refractivity contribution in [3.63, 3.8) is 0 Å². The molecule has 0 aliphatic carbocycles. The fourth-order valence-corrected chi connectivity index (χ4v) is 3.96. The van der Waals surface area contributed by atoms with E-state index in [1.165, 1.54) is 0 Å². The molecule has 0 N–H and O–H groups in total. The smallest absolute Gasteiger partial charge is 0.489 e. The molecule has 0 saturated heterocycles. The highest BCUT2D eigenvalue weighted by Crippen LogP contribution is 2.26. The molecule has 2 rings (SSSR count). The Balaban J connectivity index is 2.27. The van der Waals surface area contributed by atoms with Crippen LogP contribution >= 0.6 is 23.2 Å². The fourth-order valence-electron chi connectivity index (χ4n) is 3.39. The number of ether oxygens (including phenoxy) is 3. The minimum Gasteiger partial charge on any atom is -0.489 e. The second-order valence-electron chi connectivity index (χ2n) is 11.0. The topological polar surface area (TPSA) is 74.3 Å². The molecule has 214 valence electrons. The van der Waals surface area contributed by atoms with Gasteiger partial charge in [0.25, 0.3) is 0 Å². The first kappa shape index (κ1) is 32.3. The van der Waals surface area contributed by atoms with Crippen LogP contribution < -0.4 is 4.74 Å². The molecule has 7 nitrogen and oxygen atoms in total. The normalized spacial score (nSPS) is 12.1. The zero-order chi connectivity index (χ0) is 29.2. The zero-order valence-electron chi connectivity index (χ0n) is 23.8. The second-order valence-corrected chi connectivity index (χ2v) is 11.9. The number of rotatable bonds is 9. The first-order valence-electron chi connectivity index (χ1n) is 12.9. The van der Waals surface area contributed by atoms with Gasteiger partial charge in [0.15, 0.2) is 0 Å². The van der Waals surface area contributed by atoms with Crippen molar-refractivity contribution in [1.29, 1.82) is 0 Å². The second kappa shape index (κ2) is 14.5. The molecule has 1 amide bonds. The van der Waals surface area contributed by atoms with Gasteiger partial charge in [0.2, 0.25) is 0 Å². The number of hydrogen-bond donors (Lipinski definition) is 0. The van der Waals surface area contributed by atoms with Gasteiger partial charge in [0.05, 0.1) is 6.54 Å². The van der Waals surface area contributed by atoms with Crippen molar-refractivity contribution >= 4 is 41.0 Å². The van der Waals surface area contributed by atoms with Crippen LogP contribution in [0.1, 0.15) is 78.9 Å². The Kier molecular flexibility index (Phi) is 12.0. The quantitative estimate of drug-likeness (QED) is 0.217. The molecule has 0 fully saturated rings. The van der Waals surface area contributed by atoms with Crippen LogP contribution in [0.15, 0.2) is 48.5 Å². The highest BCUT2D eigenvalue weighted by Gasteiger charge is 2.27. The Hall–Kier alpha value is -2.90. The summed E-state index contributed by atoms with van der Waals surface area (Å²) in [4.78, 5) is 30.5. The van der Waals surface area contributed by atoms with Gasteiger partial charge < -0.3 is 14.2 Å². The lowest BCUT2D eigenvalue weighted by Crippen LogP contribution is -2.40. The molecule has 0 atom stereocenters. The van der Waals surface area contributed by atoms with Gasteiger partial charge in [-0.05, 0) is 101 Å². The number of amides is 1. The van der Waals surface area contributed by atoms with Gasteiger partial charge in [-0.3, -0.25) is 4.84 Å². The number of halogens is 2. The lowest BCUT2D eigenvalue weighted by molar-refractivity contribution is -0.130. The summed E-state index contributed by atoms with van der Waals surface area (Å²) in [5.74, 6) is 0.667. The number of unbranched alkanes of at least 4 members (excludes halogenated alkanes) is 1. The van der Waals surface area contributed by atoms with Crippen LogP contribution in [-0.4, -0.2) is 35.1 Å². The third-order valence-corrected chi connectivity index (χ3v) is 5.44. The van der Waals surface area contributed by atoms with Gasteiger partial charge in [-0.15, -0.1) is 5.06 Å². The SMILES string of the molecule is CCCC/C(=C\CN(OC(=O)OC(C)(C)C)C(=O)OC(C)(C)C)c1cccc(OCc2cc(Cl)cc(Cl)c2)c1. The highest BCUT2D eigenvalue weighted by molar-refractivity contribution is 6.34. The Bertz CT molecular complexity index is 1130. The zero-order valence-corrected chi connectivity index (χ0v) is 25.3. The molecule has 0 unspecified atom stereocenters. The molecule has 39 heavy (non-hydrogen) atoms. The summed E-state index contributed by atoms with van der Waals surface area (Å²) < 4.78 is 16.7. The van der Waals surface area contributed by atoms with Crippen molar-refractivity contribution in [3.8, 4) is 5.75 Å². The molecule has 0 heterocycles. The van der Waals surface area contributed by atoms with E-state index >= 15 is 0 Å². The third-order valence-electron chi connectivity index (χ3n) is 5.01. The van der Waals surface area contributed by atoms with Gasteiger partial charge in [-0.25, -0.2) is 9.59 Å². The van der Waals surface area contributed by atoms with E-state index in [1.807, 2.05) is 30.3 Å². The van der Waals surface area contributed by atoms with E-state index in [9.17, 15) is 9.59 Å². The van der Waals surface area contributed by atoms with Crippen LogP contribution in [0.3, 0.4) is 0 Å². The predicted octanol–water partition coefficient (Wildman–Crippen LogP) is 9.25. The Morgan fingerprint density at radius 2 is 1.56 bits per heavy atom. The van der Waals surface area contributed by atoms with Gasteiger partial charge in [-0.2, -0.15) is 0 Å². The summed E-state index contributed by atoms with van der Waals surface area (Å²) in [5.41, 5.74) is 1.18. The number of allylic oxidation sites excluding steroid dienone is 1. The molecule has 0 radical (unpaired) electrons. The first-order chi connectivity index (χ1) is 18.1. The number of benzene rings is 2. The highest BCUT2D eigenvalue weighted by atomic mass is 35.5. The maximum absolute atomic E-state index is 12.8. The van der Waals surface area contributed by atoms with Gasteiger partial charge in [0.1, 0.15) is 23.6 Å². The number of hydrogen-bond acceptors (Lipinski definition) is 6. The number of carbonyl (C=O) groups is 2. The van der Waals surface area contributed by atoms with Crippen LogP contribution in [0.25, 0.3) is 5.57 Å². The van der Waals surface area contributed by atoms with Gasteiger partial charge in [-0.1, -0.05) is 54.8 Å². The summed E-state index contributed by atoms with van der Waals surface area (Å²) in [6.45, 7) is 12.7. The van der Waals surface area contributed by atoms with Crippen LogP contribution in [-0.2, 0) is 20.9 Å². The molecule has 0 aliphatic rings. The Labute approximate surface area is 241 Å². The largest absolute Gasteiger partial charge is 0.534 e. The summed E-state index contributed by atoms with van der Waals surface area (Å²) in [6, 6.07) is 13.0. The van der Waals surface area contributed by atoms with Crippen LogP contribution in [0.5, 0.6) is 5.75 Å². The molecule has 9 heteroatoms. The summed E-state index contributed by atoms with van der Waals surface area (Å²) >= 11 is 12.2. The maximum Gasteiger partial charge on any atom is 0.534 e. The molecule has 2 aromatic carbocycles. The minimum atomic E-state index is -0.992. The fraction of sp³-hybridized carbons (Fsp3) is 0.467. The average molecular weight is 581 g/mol. The van der Waals surface area contributed by atoms with E-state index < -0.39 is 23.5 Å². The maximum atomic E-state index is 12.8. The third kappa shape index (κ3) is 12.7. The monoisotopic (exact) mass is 579 g/mol. The number of carbonyl (C=O) groups excluding carboxylic acids is 2. The molecular weight excluding hydrogens is 541 g/mol. The van der Waals surface area contributed by atoms with Crippen molar-refractivity contribution < 1.29 is 28.6 Å². The Morgan fingerprint density at radius 3 is 2.15 bits per heavy atom. The number of hydroxylamine groups is 2. The van der Waals surface area contributed by atoms with E-state index in [2.05, 4.69) is 6.92 Å². The van der Waals surface area contributed by atoms with E-state index in [-0.39, 0.29) is 6.54 Å². The molecule has 0 bridgehead atoms. The predicted molar refractivity (Wildman–Crippen MR) is 155 cm³/mol. The standard InChI is InChI=1S/C30H39Cl2NO6/c1-8-9-11-22(14-15-33(27(34)37-29(2,3)4)39-28(35)38-30(5,6)7)23-12-10-13-26(18-23)36-20-21-16-24(31)19-25(32)17-21/h10,12-14,16-19H,8-9,11,15,20H2,1-7H3/b22-14+. The lowest BCUT2D eigenvalue weighted by atomic mass is 9.99. The first-order valence-corrected chi connectivity index (χ1v) is 13.7. The molecule has 0 aromatic heterocycles. The minimum absolute atomic E-state index is 0.0285. The van der Waals surface area contributed by atoms with Crippen LogP contribution in [0.4, 0.5) is 9.59 Å². The van der Waals surface area contributed by atoms with Crippen molar-refractivity contribution in [2.75, 3.05) is 6.54 Å². The van der Waals surface area contributed by atoms with E-state index in [4.69, 9.17) is 42.3 Å². The molecule has 0 saturated carbocycles. The number of nitrogens with zero attached hydrogens (tertiary/aromatic N) is 1. The summed E-state index contributed by atoms with van der Waals surface area (Å²) in [7, 11) is 0. The Morgan fingerprint density at radius 1 is 0.923 bits per heavy atom. The van der Waals surface area contributed by atoms with Crippen molar-refractivity contribution in [1.82, 2.24) is 5.06 Å². The van der Waals surface area contributed by atoms with Gasteiger partial charge in [0, 0.05) is 10.0 Å².